The maximum Gasteiger partial charge on any atom is 0.339 e. The number of aryl methyl sites for hydroxylation is 1. The number of nitrogens with zero attached hydrogens (tertiary/aromatic N) is 1. The molecule has 5 nitrogen and oxygen atoms in total. The number of likely N-dealkylation sites (tertiary alicyclic amines) is 1. The predicted molar refractivity (Wildman–Crippen MR) is 98.4 cm³/mol. The fourth-order valence-corrected chi connectivity index (χ4v) is 3.27. The Balaban J connectivity index is 1.38. The summed E-state index contributed by atoms with van der Waals surface area (Å²) >= 11 is 0. The average Bonchev–Trinajstić information content (AvgIpc) is 2.57. The number of hydrogen-bond donors (Lipinski definition) is 0. The quantitative estimate of drug-likeness (QED) is 0.727. The Morgan fingerprint density at radius 3 is 2.73 bits per heavy atom. The molecule has 0 N–H and O–H groups in total. The smallest absolute Gasteiger partial charge is 0.339 e. The number of rotatable bonds is 4. The third-order valence-corrected chi connectivity index (χ3v) is 4.59. The Morgan fingerprint density at radius 2 is 1.92 bits per heavy atom. The van der Waals surface area contributed by atoms with Crippen molar-refractivity contribution in [1.29, 1.82) is 0 Å². The molecule has 1 aliphatic heterocycles. The summed E-state index contributed by atoms with van der Waals surface area (Å²) in [4.78, 5) is 25.7. The maximum absolute atomic E-state index is 12.6. The average molecular weight is 349 g/mol. The van der Waals surface area contributed by atoms with Gasteiger partial charge in [0.15, 0.2) is 0 Å². The number of hydrogen-bond acceptors (Lipinski definition) is 4. The molecule has 0 spiro atoms. The molecule has 0 bridgehead atoms. The maximum atomic E-state index is 12.6. The van der Waals surface area contributed by atoms with Crippen LogP contribution in [0.1, 0.15) is 11.3 Å². The number of ether oxygens (including phenoxy) is 1. The summed E-state index contributed by atoms with van der Waals surface area (Å²) in [6.07, 6.45) is 0.287. The first-order valence-electron chi connectivity index (χ1n) is 8.61. The second-order valence-electron chi connectivity index (χ2n) is 6.58. The number of benzene rings is 2. The summed E-state index contributed by atoms with van der Waals surface area (Å²) in [5.74, 6) is 1.09. The highest BCUT2D eigenvalue weighted by molar-refractivity contribution is 5.90. The van der Waals surface area contributed by atoms with E-state index in [-0.39, 0.29) is 12.0 Å². The van der Waals surface area contributed by atoms with E-state index in [0.717, 1.165) is 16.3 Å². The zero-order valence-corrected chi connectivity index (χ0v) is 14.5. The van der Waals surface area contributed by atoms with Gasteiger partial charge in [-0.3, -0.25) is 4.79 Å². The second kappa shape index (κ2) is 6.67. The molecule has 1 amide bonds. The van der Waals surface area contributed by atoms with Crippen molar-refractivity contribution in [2.45, 2.75) is 19.4 Å². The SMILES string of the molecule is Cc1cc(OC2CN(C(=O)Cc3cccc4ccccc34)C2)cc(=O)o1. The van der Waals surface area contributed by atoms with Gasteiger partial charge in [-0.05, 0) is 23.3 Å². The zero-order valence-electron chi connectivity index (χ0n) is 14.5. The monoisotopic (exact) mass is 349 g/mol. The number of carbonyl (C=O) groups excluding carboxylic acids is 1. The van der Waals surface area contributed by atoms with Gasteiger partial charge in [-0.1, -0.05) is 42.5 Å². The first-order valence-corrected chi connectivity index (χ1v) is 8.61. The first-order chi connectivity index (χ1) is 12.6. The van der Waals surface area contributed by atoms with E-state index in [1.807, 2.05) is 30.3 Å². The standard InChI is InChI=1S/C21H19NO4/c1-14-9-17(11-21(24)25-14)26-18-12-22(13-18)20(23)10-16-7-4-6-15-5-2-3-8-19(15)16/h2-9,11,18H,10,12-13H2,1H3. The lowest BCUT2D eigenvalue weighted by Crippen LogP contribution is -2.56. The summed E-state index contributed by atoms with van der Waals surface area (Å²) in [6, 6.07) is 17.1. The summed E-state index contributed by atoms with van der Waals surface area (Å²) in [5, 5.41) is 2.25. The number of carbonyl (C=O) groups is 1. The van der Waals surface area contributed by atoms with Crippen LogP contribution >= 0.6 is 0 Å². The van der Waals surface area contributed by atoms with Gasteiger partial charge in [-0.15, -0.1) is 0 Å². The van der Waals surface area contributed by atoms with Crippen LogP contribution in [0.3, 0.4) is 0 Å². The number of amides is 1. The third-order valence-electron chi connectivity index (χ3n) is 4.59. The predicted octanol–water partition coefficient (Wildman–Crippen LogP) is 2.93. The lowest BCUT2D eigenvalue weighted by Gasteiger charge is -2.39. The molecular weight excluding hydrogens is 330 g/mol. The molecule has 0 atom stereocenters. The van der Waals surface area contributed by atoms with Crippen molar-refractivity contribution in [3.8, 4) is 5.75 Å². The van der Waals surface area contributed by atoms with Gasteiger partial charge in [0.05, 0.1) is 25.6 Å². The van der Waals surface area contributed by atoms with Crippen LogP contribution in [-0.4, -0.2) is 30.0 Å². The van der Waals surface area contributed by atoms with Crippen LogP contribution in [-0.2, 0) is 11.2 Å². The van der Waals surface area contributed by atoms with Crippen molar-refractivity contribution >= 4 is 16.7 Å². The normalized spacial score (nSPS) is 14.3. The molecule has 0 saturated carbocycles. The zero-order chi connectivity index (χ0) is 18.1. The molecule has 0 unspecified atom stereocenters. The molecule has 4 rings (SSSR count). The van der Waals surface area contributed by atoms with Crippen molar-refractivity contribution < 1.29 is 13.9 Å². The van der Waals surface area contributed by atoms with Gasteiger partial charge in [0.25, 0.3) is 0 Å². The van der Waals surface area contributed by atoms with Crippen LogP contribution in [0.4, 0.5) is 0 Å². The van der Waals surface area contributed by atoms with Crippen molar-refractivity contribution in [3.63, 3.8) is 0 Å². The molecule has 0 radical (unpaired) electrons. The second-order valence-corrected chi connectivity index (χ2v) is 6.58. The largest absolute Gasteiger partial charge is 0.486 e. The topological polar surface area (TPSA) is 59.8 Å². The molecule has 1 saturated heterocycles. The van der Waals surface area contributed by atoms with Crippen molar-refractivity contribution in [3.05, 3.63) is 76.3 Å². The highest BCUT2D eigenvalue weighted by Crippen LogP contribution is 2.22. The van der Waals surface area contributed by atoms with Crippen LogP contribution in [0.5, 0.6) is 5.75 Å². The molecule has 26 heavy (non-hydrogen) atoms. The molecule has 132 valence electrons. The molecule has 1 fully saturated rings. The van der Waals surface area contributed by atoms with Gasteiger partial charge in [0.2, 0.25) is 5.91 Å². The summed E-state index contributed by atoms with van der Waals surface area (Å²) in [7, 11) is 0. The van der Waals surface area contributed by atoms with E-state index in [4.69, 9.17) is 9.15 Å². The van der Waals surface area contributed by atoms with Gasteiger partial charge >= 0.3 is 5.63 Å². The van der Waals surface area contributed by atoms with Crippen LogP contribution in [0.15, 0.2) is 63.8 Å². The Hall–Kier alpha value is -3.08. The van der Waals surface area contributed by atoms with Gasteiger partial charge in [0.1, 0.15) is 17.6 Å². The van der Waals surface area contributed by atoms with E-state index >= 15 is 0 Å². The third kappa shape index (κ3) is 3.33. The Kier molecular flexibility index (Phi) is 4.21. The molecule has 0 aliphatic carbocycles. The lowest BCUT2D eigenvalue weighted by molar-refractivity contribution is -0.139. The van der Waals surface area contributed by atoms with Crippen LogP contribution < -0.4 is 10.4 Å². The van der Waals surface area contributed by atoms with Gasteiger partial charge in [-0.2, -0.15) is 0 Å². The van der Waals surface area contributed by atoms with E-state index in [1.165, 1.54) is 6.07 Å². The van der Waals surface area contributed by atoms with E-state index in [1.54, 1.807) is 17.9 Å². The Labute approximate surface area is 150 Å². The molecule has 3 aromatic rings. The van der Waals surface area contributed by atoms with Crippen molar-refractivity contribution in [2.75, 3.05) is 13.1 Å². The van der Waals surface area contributed by atoms with Gasteiger partial charge in [0, 0.05) is 6.07 Å². The molecule has 2 aromatic carbocycles. The highest BCUT2D eigenvalue weighted by Gasteiger charge is 2.32. The van der Waals surface area contributed by atoms with E-state index in [0.29, 0.717) is 31.0 Å². The van der Waals surface area contributed by atoms with Crippen LogP contribution in [0.25, 0.3) is 10.8 Å². The minimum Gasteiger partial charge on any atom is -0.486 e. The summed E-state index contributed by atoms with van der Waals surface area (Å²) in [5.41, 5.74) is 0.608. The van der Waals surface area contributed by atoms with E-state index < -0.39 is 5.63 Å². The fourth-order valence-electron chi connectivity index (χ4n) is 3.27. The fraction of sp³-hybridized carbons (Fsp3) is 0.238. The van der Waals surface area contributed by atoms with Crippen molar-refractivity contribution in [2.24, 2.45) is 0 Å². The molecule has 5 heteroatoms. The molecular formula is C21H19NO4. The Morgan fingerprint density at radius 1 is 1.15 bits per heavy atom. The first kappa shape index (κ1) is 16.4. The minimum atomic E-state index is -0.428. The van der Waals surface area contributed by atoms with Crippen LogP contribution in [0.2, 0.25) is 0 Å². The summed E-state index contributed by atoms with van der Waals surface area (Å²) < 4.78 is 10.7. The molecule has 2 heterocycles. The molecule has 1 aromatic heterocycles. The van der Waals surface area contributed by atoms with Crippen LogP contribution in [0, 0.1) is 6.92 Å². The van der Waals surface area contributed by atoms with E-state index in [2.05, 4.69) is 12.1 Å². The lowest BCUT2D eigenvalue weighted by atomic mass is 10.0. The highest BCUT2D eigenvalue weighted by atomic mass is 16.5. The number of fused-ring (bicyclic) bond motifs is 1. The Bertz CT molecular complexity index is 1010. The van der Waals surface area contributed by atoms with Crippen molar-refractivity contribution in [1.82, 2.24) is 4.90 Å². The minimum absolute atomic E-state index is 0.0879. The summed E-state index contributed by atoms with van der Waals surface area (Å²) in [6.45, 7) is 2.76. The van der Waals surface area contributed by atoms with Gasteiger partial charge < -0.3 is 14.1 Å². The molecule has 1 aliphatic rings. The van der Waals surface area contributed by atoms with E-state index in [9.17, 15) is 9.59 Å². The van der Waals surface area contributed by atoms with Gasteiger partial charge in [-0.25, -0.2) is 4.79 Å².